The van der Waals surface area contributed by atoms with Crippen LogP contribution in [0.5, 0.6) is 0 Å². The Balaban J connectivity index is 2.89. The smallest absolute Gasteiger partial charge is 0.210 e. The fourth-order valence-corrected chi connectivity index (χ4v) is 1.45. The average molecular weight is 211 g/mol. The molecule has 0 saturated carbocycles. The number of anilines is 1. The summed E-state index contributed by atoms with van der Waals surface area (Å²) in [6.45, 7) is 0. The molecule has 1 rings (SSSR count). The van der Waals surface area contributed by atoms with E-state index in [2.05, 4.69) is 0 Å². The maximum absolute atomic E-state index is 10.3. The van der Waals surface area contributed by atoms with Gasteiger partial charge in [-0.05, 0) is 17.7 Å². The number of hydrogen-bond acceptors (Lipinski definition) is 3. The highest BCUT2D eigenvalue weighted by molar-refractivity contribution is 7.71. The molecular weight excluding hydrogens is 198 g/mol. The van der Waals surface area contributed by atoms with Crippen molar-refractivity contribution in [3.8, 4) is 0 Å². The first-order chi connectivity index (χ1) is 6.59. The van der Waals surface area contributed by atoms with Crippen molar-refractivity contribution in [1.82, 2.24) is 0 Å². The van der Waals surface area contributed by atoms with Gasteiger partial charge >= 0.3 is 0 Å². The number of benzene rings is 1. The summed E-state index contributed by atoms with van der Waals surface area (Å²) in [7, 11) is 1.83. The molecule has 0 spiro atoms. The Kier molecular flexibility index (Phi) is 3.71. The molecule has 1 aromatic carbocycles. The minimum atomic E-state index is -2.07. The van der Waals surface area contributed by atoms with E-state index in [1.165, 1.54) is 5.37 Å². The van der Waals surface area contributed by atoms with Crippen molar-refractivity contribution < 1.29 is 8.42 Å². The predicted octanol–water partition coefficient (Wildman–Crippen LogP) is 0.976. The Bertz CT molecular complexity index is 427. The lowest BCUT2D eigenvalue weighted by atomic mass is 10.1. The van der Waals surface area contributed by atoms with Gasteiger partial charge in [0.15, 0.2) is 0 Å². The summed E-state index contributed by atoms with van der Waals surface area (Å²) in [4.78, 5) is 1.98. The van der Waals surface area contributed by atoms with Gasteiger partial charge in [0.1, 0.15) is 0 Å². The molecule has 0 aliphatic rings. The van der Waals surface area contributed by atoms with E-state index in [0.717, 1.165) is 11.3 Å². The summed E-state index contributed by atoms with van der Waals surface area (Å²) >= 11 is 0. The molecule has 0 atom stereocenters. The van der Waals surface area contributed by atoms with Gasteiger partial charge in [0.05, 0.1) is 0 Å². The van der Waals surface area contributed by atoms with E-state index >= 15 is 0 Å². The maximum Gasteiger partial charge on any atom is 0.210 e. The zero-order valence-electron chi connectivity index (χ0n) is 8.27. The molecule has 4 heteroatoms. The molecule has 76 valence electrons. The normalized spacial score (nSPS) is 9.57. The quantitative estimate of drug-likeness (QED) is 0.699. The summed E-state index contributed by atoms with van der Waals surface area (Å²) < 4.78 is 20.7. The summed E-state index contributed by atoms with van der Waals surface area (Å²) in [6.07, 6.45) is 0.456. The van der Waals surface area contributed by atoms with E-state index in [1.807, 2.05) is 43.3 Å². The molecule has 0 aliphatic heterocycles. The minimum absolute atomic E-state index is 0.456. The summed E-state index contributed by atoms with van der Waals surface area (Å²) in [5.41, 5.74) is 2.08. The van der Waals surface area contributed by atoms with E-state index in [-0.39, 0.29) is 0 Å². The lowest BCUT2D eigenvalue weighted by Crippen LogP contribution is -2.08. The Hall–Kier alpha value is -1.29. The van der Waals surface area contributed by atoms with Crippen molar-refractivity contribution in [1.29, 1.82) is 0 Å². The van der Waals surface area contributed by atoms with Crippen LogP contribution in [0.25, 0.3) is 0 Å². The van der Waals surface area contributed by atoms with E-state index in [0.29, 0.717) is 6.42 Å². The van der Waals surface area contributed by atoms with Crippen molar-refractivity contribution in [2.24, 2.45) is 0 Å². The fourth-order valence-electron chi connectivity index (χ4n) is 1.13. The Morgan fingerprint density at radius 3 is 2.64 bits per heavy atom. The van der Waals surface area contributed by atoms with Gasteiger partial charge in [-0.2, -0.15) is 8.42 Å². The van der Waals surface area contributed by atoms with Crippen LogP contribution in [0.3, 0.4) is 0 Å². The molecule has 0 saturated heterocycles. The second kappa shape index (κ2) is 4.81. The van der Waals surface area contributed by atoms with Crippen LogP contribution >= 0.6 is 0 Å². The SMILES string of the molecule is CN(C)c1cccc(CC=S(=O)=O)c1. The Morgan fingerprint density at radius 2 is 2.07 bits per heavy atom. The molecule has 0 fully saturated rings. The molecule has 14 heavy (non-hydrogen) atoms. The highest BCUT2D eigenvalue weighted by Gasteiger charge is 1.96. The molecule has 0 radical (unpaired) electrons. The van der Waals surface area contributed by atoms with Gasteiger partial charge < -0.3 is 4.90 Å². The van der Waals surface area contributed by atoms with Crippen molar-refractivity contribution in [3.05, 3.63) is 29.8 Å². The van der Waals surface area contributed by atoms with Gasteiger partial charge in [-0.15, -0.1) is 0 Å². The molecule has 0 amide bonds. The molecule has 1 aromatic rings. The second-order valence-corrected chi connectivity index (χ2v) is 4.05. The predicted molar refractivity (Wildman–Crippen MR) is 59.5 cm³/mol. The molecule has 0 aliphatic carbocycles. The van der Waals surface area contributed by atoms with Gasteiger partial charge in [-0.25, -0.2) is 0 Å². The summed E-state index contributed by atoms with van der Waals surface area (Å²) in [5, 5.41) is 1.26. The standard InChI is InChI=1S/C10H13NO2S/c1-11(2)10-5-3-4-9(8-10)6-7-14(12)13/h3-5,7-8H,6H2,1-2H3. The highest BCUT2D eigenvalue weighted by Crippen LogP contribution is 2.12. The van der Waals surface area contributed by atoms with Crippen LogP contribution < -0.4 is 4.90 Å². The van der Waals surface area contributed by atoms with Gasteiger partial charge in [-0.3, -0.25) is 0 Å². The second-order valence-electron chi connectivity index (χ2n) is 3.20. The van der Waals surface area contributed by atoms with Crippen molar-refractivity contribution >= 4 is 21.3 Å². The van der Waals surface area contributed by atoms with E-state index in [9.17, 15) is 8.42 Å². The zero-order valence-corrected chi connectivity index (χ0v) is 9.08. The topological polar surface area (TPSA) is 37.4 Å². The van der Waals surface area contributed by atoms with Crippen molar-refractivity contribution in [3.63, 3.8) is 0 Å². The maximum atomic E-state index is 10.3. The number of rotatable bonds is 3. The van der Waals surface area contributed by atoms with Crippen LogP contribution in [0.4, 0.5) is 5.69 Å². The minimum Gasteiger partial charge on any atom is -0.378 e. The van der Waals surface area contributed by atoms with Crippen molar-refractivity contribution in [2.45, 2.75) is 6.42 Å². The average Bonchev–Trinajstić information content (AvgIpc) is 2.15. The molecular formula is C10H13NO2S. The van der Waals surface area contributed by atoms with Gasteiger partial charge in [0.2, 0.25) is 10.3 Å². The van der Waals surface area contributed by atoms with Crippen LogP contribution in [0.15, 0.2) is 24.3 Å². The van der Waals surface area contributed by atoms with Crippen LogP contribution in [-0.4, -0.2) is 27.9 Å². The first-order valence-corrected chi connectivity index (χ1v) is 5.41. The van der Waals surface area contributed by atoms with Crippen LogP contribution in [0.1, 0.15) is 5.56 Å². The van der Waals surface area contributed by atoms with E-state index in [4.69, 9.17) is 0 Å². The lowest BCUT2D eigenvalue weighted by Gasteiger charge is -2.12. The monoisotopic (exact) mass is 211 g/mol. The first-order valence-electron chi connectivity index (χ1n) is 4.27. The zero-order chi connectivity index (χ0) is 10.6. The fraction of sp³-hybridized carbons (Fsp3) is 0.300. The molecule has 0 heterocycles. The van der Waals surface area contributed by atoms with E-state index < -0.39 is 10.3 Å². The first kappa shape index (κ1) is 10.8. The van der Waals surface area contributed by atoms with Gasteiger partial charge in [0, 0.05) is 31.6 Å². The highest BCUT2D eigenvalue weighted by atomic mass is 32.2. The largest absolute Gasteiger partial charge is 0.378 e. The summed E-state index contributed by atoms with van der Waals surface area (Å²) in [5.74, 6) is 0. The van der Waals surface area contributed by atoms with Crippen molar-refractivity contribution in [2.75, 3.05) is 19.0 Å². The third-order valence-corrected chi connectivity index (χ3v) is 2.32. The molecule has 3 nitrogen and oxygen atoms in total. The molecule has 0 unspecified atom stereocenters. The lowest BCUT2D eigenvalue weighted by molar-refractivity contribution is 0.627. The molecule has 0 N–H and O–H groups in total. The number of nitrogens with zero attached hydrogens (tertiary/aromatic N) is 1. The Labute approximate surface area is 85.5 Å². The van der Waals surface area contributed by atoms with Crippen LogP contribution in [-0.2, 0) is 16.7 Å². The number of hydrogen-bond donors (Lipinski definition) is 0. The van der Waals surface area contributed by atoms with Crippen LogP contribution in [0.2, 0.25) is 0 Å². The summed E-state index contributed by atoms with van der Waals surface area (Å²) in [6, 6.07) is 7.80. The molecule has 0 bridgehead atoms. The van der Waals surface area contributed by atoms with Gasteiger partial charge in [0.25, 0.3) is 0 Å². The molecule has 0 aromatic heterocycles. The Morgan fingerprint density at radius 1 is 1.36 bits per heavy atom. The third-order valence-electron chi connectivity index (χ3n) is 1.88. The van der Waals surface area contributed by atoms with Crippen LogP contribution in [0, 0.1) is 0 Å². The van der Waals surface area contributed by atoms with Gasteiger partial charge in [-0.1, -0.05) is 12.1 Å². The van der Waals surface area contributed by atoms with E-state index in [1.54, 1.807) is 0 Å². The third kappa shape index (κ3) is 3.22.